The summed E-state index contributed by atoms with van der Waals surface area (Å²) in [6.45, 7) is 5.71. The van der Waals surface area contributed by atoms with Gasteiger partial charge in [0.25, 0.3) is 6.26 Å². The van der Waals surface area contributed by atoms with Crippen LogP contribution >= 0.6 is 0 Å². The number of aryl methyl sites for hydroxylation is 2. The average molecular weight is 321 g/mol. The first kappa shape index (κ1) is 18.5. The molecule has 0 atom stereocenters. The summed E-state index contributed by atoms with van der Waals surface area (Å²) >= 11 is 0. The molecule has 120 valence electrons. The van der Waals surface area contributed by atoms with Crippen molar-refractivity contribution in [2.45, 2.75) is 20.8 Å². The number of benzene rings is 2. The number of isocyanates is 2. The molecular formula is C18H15N3O3. The Bertz CT molecular complexity index is 856. The SMILES string of the molecule is Cc1ccc(N=C=O)cc1N=C=O.Cc1cccc(OC#N)c1C. The van der Waals surface area contributed by atoms with Crippen LogP contribution < -0.4 is 4.74 Å². The van der Waals surface area contributed by atoms with E-state index < -0.39 is 0 Å². The highest BCUT2D eigenvalue weighted by Gasteiger charge is 1.99. The second-order valence-corrected chi connectivity index (χ2v) is 4.77. The first-order valence-corrected chi connectivity index (χ1v) is 6.92. The van der Waals surface area contributed by atoms with Crippen LogP contribution in [0.3, 0.4) is 0 Å². The van der Waals surface area contributed by atoms with E-state index in [4.69, 9.17) is 10.00 Å². The van der Waals surface area contributed by atoms with E-state index in [9.17, 15) is 9.59 Å². The fraction of sp³-hybridized carbons (Fsp3) is 0.167. The lowest BCUT2D eigenvalue weighted by Crippen LogP contribution is -1.87. The molecule has 2 rings (SSSR count). The van der Waals surface area contributed by atoms with Gasteiger partial charge in [-0.2, -0.15) is 9.98 Å². The zero-order valence-corrected chi connectivity index (χ0v) is 13.5. The molecule has 0 unspecified atom stereocenters. The van der Waals surface area contributed by atoms with Gasteiger partial charge >= 0.3 is 0 Å². The van der Waals surface area contributed by atoms with Gasteiger partial charge in [-0.3, -0.25) is 0 Å². The third-order valence-corrected chi connectivity index (χ3v) is 3.24. The molecule has 0 N–H and O–H groups in total. The fourth-order valence-electron chi connectivity index (χ4n) is 1.77. The molecule has 2 aromatic rings. The minimum absolute atomic E-state index is 0.426. The largest absolute Gasteiger partial charge is 0.388 e. The Morgan fingerprint density at radius 2 is 1.67 bits per heavy atom. The first-order valence-electron chi connectivity index (χ1n) is 6.92. The van der Waals surface area contributed by atoms with Crippen LogP contribution in [0.15, 0.2) is 46.4 Å². The quantitative estimate of drug-likeness (QED) is 0.483. The number of aliphatic imine (C=N–C) groups is 2. The van der Waals surface area contributed by atoms with Crippen LogP contribution in [0.2, 0.25) is 0 Å². The van der Waals surface area contributed by atoms with Crippen LogP contribution in [-0.4, -0.2) is 12.2 Å². The molecule has 24 heavy (non-hydrogen) atoms. The molecule has 0 fully saturated rings. The summed E-state index contributed by atoms with van der Waals surface area (Å²) < 4.78 is 4.72. The van der Waals surface area contributed by atoms with Crippen molar-refractivity contribution in [3.8, 4) is 12.0 Å². The molecule has 0 saturated heterocycles. The third-order valence-electron chi connectivity index (χ3n) is 3.24. The van der Waals surface area contributed by atoms with Crippen LogP contribution in [0.1, 0.15) is 16.7 Å². The van der Waals surface area contributed by atoms with E-state index >= 15 is 0 Å². The summed E-state index contributed by atoms with van der Waals surface area (Å²) in [7, 11) is 0. The van der Waals surface area contributed by atoms with Gasteiger partial charge in [0, 0.05) is 0 Å². The highest BCUT2D eigenvalue weighted by atomic mass is 16.5. The van der Waals surface area contributed by atoms with Crippen LogP contribution in [-0.2, 0) is 9.59 Å². The molecule has 0 radical (unpaired) electrons. The minimum Gasteiger partial charge on any atom is -0.388 e. The van der Waals surface area contributed by atoms with Gasteiger partial charge in [-0.15, -0.1) is 5.26 Å². The molecule has 0 spiro atoms. The zero-order valence-electron chi connectivity index (χ0n) is 13.5. The summed E-state index contributed by atoms with van der Waals surface area (Å²) in [5.41, 5.74) is 3.88. The van der Waals surface area contributed by atoms with Crippen LogP contribution in [0, 0.1) is 32.3 Å². The molecule has 6 heteroatoms. The van der Waals surface area contributed by atoms with Gasteiger partial charge in [-0.25, -0.2) is 9.59 Å². The van der Waals surface area contributed by atoms with Gasteiger partial charge in [0.05, 0.1) is 11.4 Å². The average Bonchev–Trinajstić information content (AvgIpc) is 2.56. The highest BCUT2D eigenvalue weighted by Crippen LogP contribution is 2.23. The maximum absolute atomic E-state index is 10.00. The number of hydrogen-bond donors (Lipinski definition) is 0. The number of hydrogen-bond acceptors (Lipinski definition) is 6. The predicted molar refractivity (Wildman–Crippen MR) is 88.9 cm³/mol. The Labute approximate surface area is 139 Å². The maximum atomic E-state index is 10.00. The Kier molecular flexibility index (Phi) is 7.33. The highest BCUT2D eigenvalue weighted by molar-refractivity contribution is 5.61. The Balaban J connectivity index is 0.000000243. The number of carbonyl (C=O) groups excluding carboxylic acids is 2. The normalized spacial score (nSPS) is 8.58. The zero-order chi connectivity index (χ0) is 17.9. The van der Waals surface area contributed by atoms with E-state index in [2.05, 4.69) is 9.98 Å². The molecule has 0 heterocycles. The smallest absolute Gasteiger partial charge is 0.292 e. The number of nitriles is 1. The van der Waals surface area contributed by atoms with Gasteiger partial charge in [0.2, 0.25) is 12.2 Å². The lowest BCUT2D eigenvalue weighted by atomic mass is 10.1. The molecule has 0 saturated carbocycles. The second kappa shape index (κ2) is 9.50. The molecule has 0 amide bonds. The van der Waals surface area contributed by atoms with Gasteiger partial charge < -0.3 is 4.74 Å². The van der Waals surface area contributed by atoms with Crippen molar-refractivity contribution in [1.82, 2.24) is 0 Å². The van der Waals surface area contributed by atoms with Crippen molar-refractivity contribution >= 4 is 23.5 Å². The van der Waals surface area contributed by atoms with Crippen molar-refractivity contribution < 1.29 is 14.3 Å². The van der Waals surface area contributed by atoms with E-state index in [0.717, 1.165) is 16.7 Å². The molecule has 2 aromatic carbocycles. The topological polar surface area (TPSA) is 91.9 Å². The maximum Gasteiger partial charge on any atom is 0.292 e. The lowest BCUT2D eigenvalue weighted by molar-refractivity contribution is 0.502. The van der Waals surface area contributed by atoms with Crippen molar-refractivity contribution in [2.24, 2.45) is 9.98 Å². The summed E-state index contributed by atoms with van der Waals surface area (Å²) in [5, 5.41) is 8.26. The molecule has 0 aliphatic heterocycles. The fourth-order valence-corrected chi connectivity index (χ4v) is 1.77. The summed E-state index contributed by atoms with van der Waals surface area (Å²) in [4.78, 5) is 26.8. The molecule has 0 aliphatic rings. The Morgan fingerprint density at radius 3 is 2.29 bits per heavy atom. The summed E-state index contributed by atoms with van der Waals surface area (Å²) in [6.07, 6.45) is 4.49. The molecule has 0 aliphatic carbocycles. The molecular weight excluding hydrogens is 306 g/mol. The van der Waals surface area contributed by atoms with E-state index in [1.807, 2.05) is 26.0 Å². The first-order chi connectivity index (χ1) is 11.5. The number of ether oxygens (including phenoxy) is 1. The van der Waals surface area contributed by atoms with Gasteiger partial charge in [-0.05, 0) is 55.7 Å². The number of nitrogens with zero attached hydrogens (tertiary/aromatic N) is 3. The van der Waals surface area contributed by atoms with Crippen LogP contribution in [0.4, 0.5) is 11.4 Å². The second-order valence-electron chi connectivity index (χ2n) is 4.77. The van der Waals surface area contributed by atoms with E-state index in [1.165, 1.54) is 18.2 Å². The Morgan fingerprint density at radius 1 is 0.958 bits per heavy atom. The molecule has 0 bridgehead atoms. The van der Waals surface area contributed by atoms with E-state index in [0.29, 0.717) is 17.1 Å². The van der Waals surface area contributed by atoms with Crippen molar-refractivity contribution in [1.29, 1.82) is 5.26 Å². The molecule has 6 nitrogen and oxygen atoms in total. The van der Waals surface area contributed by atoms with Gasteiger partial charge in [0.1, 0.15) is 5.75 Å². The van der Waals surface area contributed by atoms with E-state index in [-0.39, 0.29) is 0 Å². The lowest BCUT2D eigenvalue weighted by Gasteiger charge is -2.02. The third kappa shape index (κ3) is 5.36. The van der Waals surface area contributed by atoms with Crippen molar-refractivity contribution in [2.75, 3.05) is 0 Å². The van der Waals surface area contributed by atoms with Crippen molar-refractivity contribution in [3.05, 3.63) is 53.1 Å². The Hall–Kier alpha value is -3.51. The molecule has 0 aromatic heterocycles. The van der Waals surface area contributed by atoms with Crippen molar-refractivity contribution in [3.63, 3.8) is 0 Å². The van der Waals surface area contributed by atoms with Crippen LogP contribution in [0.25, 0.3) is 0 Å². The predicted octanol–water partition coefficient (Wildman–Crippen LogP) is 4.09. The van der Waals surface area contributed by atoms with E-state index in [1.54, 1.807) is 31.4 Å². The summed E-state index contributed by atoms with van der Waals surface area (Å²) in [5.74, 6) is 0.646. The van der Waals surface area contributed by atoms with Gasteiger partial charge in [-0.1, -0.05) is 18.2 Å². The summed E-state index contributed by atoms with van der Waals surface area (Å²) in [6, 6.07) is 10.5. The monoisotopic (exact) mass is 321 g/mol. The minimum atomic E-state index is 0.426. The van der Waals surface area contributed by atoms with Crippen LogP contribution in [0.5, 0.6) is 5.75 Å². The number of rotatable bonds is 3. The van der Waals surface area contributed by atoms with Gasteiger partial charge in [0.15, 0.2) is 0 Å². The standard InChI is InChI=1S/C9H6N2O2.C9H9NO/c1-7-2-3-8(10-5-12)4-9(7)11-6-13;1-7-4-3-5-9(8(7)2)11-6-10/h2-4H,1H3;3-5H,1-2H3.